The van der Waals surface area contributed by atoms with Gasteiger partial charge < -0.3 is 14.4 Å². The Hall–Kier alpha value is -1.52. The molecule has 0 aromatic rings. The van der Waals surface area contributed by atoms with Crippen LogP contribution >= 0.6 is 0 Å². The third-order valence-electron chi connectivity index (χ3n) is 2.67. The maximum atomic E-state index is 11.6. The first kappa shape index (κ1) is 12.0. The van der Waals surface area contributed by atoms with Gasteiger partial charge in [-0.25, -0.2) is 9.59 Å². The number of cyclic esters (lactones) is 1. The summed E-state index contributed by atoms with van der Waals surface area (Å²) in [4.78, 5) is 24.5. The molecule has 1 amide bonds. The molecule has 5 heteroatoms. The van der Waals surface area contributed by atoms with Gasteiger partial charge in [0.1, 0.15) is 5.60 Å². The van der Waals surface area contributed by atoms with E-state index in [4.69, 9.17) is 9.47 Å². The molecular formula is C12H17NO4. The molecular weight excluding hydrogens is 222 g/mol. The van der Waals surface area contributed by atoms with Gasteiger partial charge in [0, 0.05) is 25.1 Å². The van der Waals surface area contributed by atoms with E-state index in [9.17, 15) is 9.59 Å². The highest BCUT2D eigenvalue weighted by Gasteiger charge is 2.34. The first-order valence-corrected chi connectivity index (χ1v) is 5.73. The summed E-state index contributed by atoms with van der Waals surface area (Å²) in [5, 5.41) is 0. The molecule has 2 saturated heterocycles. The van der Waals surface area contributed by atoms with Gasteiger partial charge in [0.2, 0.25) is 0 Å². The predicted octanol–water partition coefficient (Wildman–Crippen LogP) is 1.48. The summed E-state index contributed by atoms with van der Waals surface area (Å²) >= 11 is 0. The Balaban J connectivity index is 1.91. The molecule has 0 atom stereocenters. The summed E-state index contributed by atoms with van der Waals surface area (Å²) < 4.78 is 10.1. The van der Waals surface area contributed by atoms with E-state index in [0.29, 0.717) is 26.1 Å². The van der Waals surface area contributed by atoms with Gasteiger partial charge >= 0.3 is 12.1 Å². The summed E-state index contributed by atoms with van der Waals surface area (Å²) in [6, 6.07) is 0. The predicted molar refractivity (Wildman–Crippen MR) is 60.4 cm³/mol. The second-order valence-corrected chi connectivity index (χ2v) is 5.30. The van der Waals surface area contributed by atoms with Gasteiger partial charge in [0.15, 0.2) is 0 Å². The molecule has 2 aliphatic heterocycles. The van der Waals surface area contributed by atoms with Gasteiger partial charge in [-0.2, -0.15) is 0 Å². The highest BCUT2D eigenvalue weighted by atomic mass is 16.6. The summed E-state index contributed by atoms with van der Waals surface area (Å²) in [6.45, 7) is 6.93. The molecule has 0 aromatic carbocycles. The van der Waals surface area contributed by atoms with Crippen molar-refractivity contribution in [2.75, 3.05) is 19.7 Å². The van der Waals surface area contributed by atoms with E-state index in [1.54, 1.807) is 4.90 Å². The molecule has 2 fully saturated rings. The molecule has 17 heavy (non-hydrogen) atoms. The Bertz CT molecular complexity index is 384. The molecule has 2 aliphatic rings. The number of carbonyl (C=O) groups excluding carboxylic acids is 2. The zero-order valence-corrected chi connectivity index (χ0v) is 10.4. The van der Waals surface area contributed by atoms with Gasteiger partial charge in [0.25, 0.3) is 0 Å². The molecule has 0 aromatic heterocycles. The average molecular weight is 239 g/mol. The van der Waals surface area contributed by atoms with Crippen LogP contribution in [0, 0.1) is 0 Å². The van der Waals surface area contributed by atoms with Crippen molar-refractivity contribution in [1.29, 1.82) is 0 Å². The fourth-order valence-electron chi connectivity index (χ4n) is 1.82. The maximum absolute atomic E-state index is 11.6. The minimum Gasteiger partial charge on any atom is -0.462 e. The van der Waals surface area contributed by atoms with Gasteiger partial charge in [-0.3, -0.25) is 0 Å². The molecule has 0 radical (unpaired) electrons. The Labute approximate surface area is 100 Å². The largest absolute Gasteiger partial charge is 0.462 e. The Morgan fingerprint density at radius 2 is 2.00 bits per heavy atom. The molecule has 2 rings (SSSR count). The first-order valence-electron chi connectivity index (χ1n) is 5.73. The van der Waals surface area contributed by atoms with Gasteiger partial charge in [-0.1, -0.05) is 0 Å². The fourth-order valence-corrected chi connectivity index (χ4v) is 1.82. The Kier molecular flexibility index (Phi) is 2.85. The molecule has 0 N–H and O–H groups in total. The zero-order chi connectivity index (χ0) is 12.6. The van der Waals surface area contributed by atoms with Crippen molar-refractivity contribution in [2.24, 2.45) is 0 Å². The van der Waals surface area contributed by atoms with Crippen molar-refractivity contribution >= 4 is 12.1 Å². The van der Waals surface area contributed by atoms with Gasteiger partial charge in [-0.05, 0) is 26.3 Å². The molecule has 94 valence electrons. The lowest BCUT2D eigenvalue weighted by molar-refractivity contribution is -0.135. The monoisotopic (exact) mass is 239 g/mol. The number of carbonyl (C=O) groups is 2. The Morgan fingerprint density at radius 1 is 1.35 bits per heavy atom. The summed E-state index contributed by atoms with van der Waals surface area (Å²) in [5.74, 6) is -0.233. The number of nitrogens with zero attached hydrogens (tertiary/aromatic N) is 1. The number of rotatable bonds is 0. The van der Waals surface area contributed by atoms with E-state index in [0.717, 1.165) is 11.1 Å². The number of likely N-dealkylation sites (tertiary alicyclic amines) is 1. The topological polar surface area (TPSA) is 55.8 Å². The molecule has 0 bridgehead atoms. The van der Waals surface area contributed by atoms with Crippen LogP contribution < -0.4 is 0 Å². The lowest BCUT2D eigenvalue weighted by Gasteiger charge is -2.36. The molecule has 0 spiro atoms. The van der Waals surface area contributed by atoms with Crippen LogP contribution in [0.2, 0.25) is 0 Å². The minimum absolute atomic E-state index is 0.233. The van der Waals surface area contributed by atoms with Crippen LogP contribution in [0.15, 0.2) is 11.1 Å². The van der Waals surface area contributed by atoms with Crippen molar-refractivity contribution in [3.63, 3.8) is 0 Å². The summed E-state index contributed by atoms with van der Waals surface area (Å²) in [6.07, 6.45) is 0.337. The Morgan fingerprint density at radius 3 is 2.47 bits per heavy atom. The maximum Gasteiger partial charge on any atom is 0.410 e. The van der Waals surface area contributed by atoms with Crippen molar-refractivity contribution < 1.29 is 19.1 Å². The highest BCUT2D eigenvalue weighted by Crippen LogP contribution is 2.26. The number of hydrogen-bond donors (Lipinski definition) is 0. The standard InChI is InChI=1S/C12H17NO4/c1-12(2,3)17-11(15)13-6-8(7-13)9-4-5-16-10(9)14/h4-7H2,1-3H3. The second-order valence-electron chi connectivity index (χ2n) is 5.30. The van der Waals surface area contributed by atoms with Crippen LogP contribution in [0.25, 0.3) is 0 Å². The third-order valence-corrected chi connectivity index (χ3v) is 2.67. The van der Waals surface area contributed by atoms with Crippen LogP contribution in [0.5, 0.6) is 0 Å². The van der Waals surface area contributed by atoms with Crippen LogP contribution in [-0.4, -0.2) is 42.3 Å². The van der Waals surface area contributed by atoms with Crippen LogP contribution in [0.3, 0.4) is 0 Å². The lowest BCUT2D eigenvalue weighted by Crippen LogP contribution is -2.47. The minimum atomic E-state index is -0.480. The van der Waals surface area contributed by atoms with E-state index in [-0.39, 0.29) is 12.1 Å². The van der Waals surface area contributed by atoms with Crippen molar-refractivity contribution in [2.45, 2.75) is 32.8 Å². The second kappa shape index (κ2) is 4.05. The van der Waals surface area contributed by atoms with Crippen LogP contribution in [-0.2, 0) is 14.3 Å². The molecule has 0 aliphatic carbocycles. The number of esters is 1. The van der Waals surface area contributed by atoms with E-state index < -0.39 is 5.60 Å². The SMILES string of the molecule is CC(C)(C)OC(=O)N1CC(=C2CCOC2=O)C1. The lowest BCUT2D eigenvalue weighted by atomic mass is 10.0. The molecule has 2 heterocycles. The fraction of sp³-hybridized carbons (Fsp3) is 0.667. The van der Waals surface area contributed by atoms with Crippen LogP contribution in [0.4, 0.5) is 4.79 Å². The normalized spacial score (nSPS) is 20.2. The van der Waals surface area contributed by atoms with E-state index >= 15 is 0 Å². The average Bonchev–Trinajstić information content (AvgIpc) is 2.46. The van der Waals surface area contributed by atoms with Crippen molar-refractivity contribution in [3.8, 4) is 0 Å². The van der Waals surface area contributed by atoms with Crippen LogP contribution in [0.1, 0.15) is 27.2 Å². The molecule has 0 saturated carbocycles. The number of ether oxygens (including phenoxy) is 2. The molecule has 5 nitrogen and oxygen atoms in total. The highest BCUT2D eigenvalue weighted by molar-refractivity contribution is 5.92. The first-order chi connectivity index (χ1) is 7.87. The van der Waals surface area contributed by atoms with E-state index in [2.05, 4.69) is 0 Å². The number of hydrogen-bond acceptors (Lipinski definition) is 4. The van der Waals surface area contributed by atoms with Gasteiger partial charge in [-0.15, -0.1) is 0 Å². The van der Waals surface area contributed by atoms with Crippen molar-refractivity contribution in [1.82, 2.24) is 4.90 Å². The van der Waals surface area contributed by atoms with E-state index in [1.807, 2.05) is 20.8 Å². The van der Waals surface area contributed by atoms with Gasteiger partial charge in [0.05, 0.1) is 6.61 Å². The smallest absolute Gasteiger partial charge is 0.410 e. The quantitative estimate of drug-likeness (QED) is 0.474. The van der Waals surface area contributed by atoms with E-state index in [1.165, 1.54) is 0 Å². The third kappa shape index (κ3) is 2.60. The number of amides is 1. The van der Waals surface area contributed by atoms with Crippen molar-refractivity contribution in [3.05, 3.63) is 11.1 Å². The molecule has 0 unspecified atom stereocenters. The summed E-state index contributed by atoms with van der Waals surface area (Å²) in [7, 11) is 0. The summed E-state index contributed by atoms with van der Waals surface area (Å²) in [5.41, 5.74) is 1.26. The zero-order valence-electron chi connectivity index (χ0n) is 10.4.